The van der Waals surface area contributed by atoms with Gasteiger partial charge in [-0.2, -0.15) is 0 Å². The van der Waals surface area contributed by atoms with Crippen molar-refractivity contribution >= 4 is 23.2 Å². The summed E-state index contributed by atoms with van der Waals surface area (Å²) < 4.78 is 39.6. The fourth-order valence-electron chi connectivity index (χ4n) is 2.28. The number of benzene rings is 1. The molecule has 1 aromatic carbocycles. The molecule has 3 rings (SSSR count). The fourth-order valence-corrected chi connectivity index (χ4v) is 3.04. The Hall–Kier alpha value is -1.31. The second kappa shape index (κ2) is 5.11. The maximum absolute atomic E-state index is 13.4. The molecule has 0 amide bonds. The molecule has 1 fully saturated rings. The van der Waals surface area contributed by atoms with E-state index in [2.05, 4.69) is 4.98 Å². The molecule has 0 unspecified atom stereocenters. The lowest BCUT2D eigenvalue weighted by atomic mass is 9.84. The summed E-state index contributed by atoms with van der Waals surface area (Å²) in [5.41, 5.74) is 1.53. The molecule has 0 atom stereocenters. The molecule has 1 aliphatic heterocycles. The zero-order valence-corrected chi connectivity index (χ0v) is 13.6. The molecule has 22 heavy (non-hydrogen) atoms. The molecular formula is C15H16BF2NO2S. The topological polar surface area (TPSA) is 31.4 Å². The van der Waals surface area contributed by atoms with Crippen molar-refractivity contribution in [3.8, 4) is 11.3 Å². The van der Waals surface area contributed by atoms with Crippen LogP contribution in [0, 0.1) is 11.6 Å². The molecule has 0 aliphatic carbocycles. The fraction of sp³-hybridized carbons (Fsp3) is 0.400. The van der Waals surface area contributed by atoms with E-state index in [0.717, 1.165) is 6.07 Å². The summed E-state index contributed by atoms with van der Waals surface area (Å²) >= 11 is 1.35. The van der Waals surface area contributed by atoms with Gasteiger partial charge in [0, 0.05) is 11.6 Å². The third-order valence-corrected chi connectivity index (χ3v) is 5.05. The lowest BCUT2D eigenvalue weighted by Gasteiger charge is -2.32. The Morgan fingerprint density at radius 2 is 1.55 bits per heavy atom. The number of thiazole rings is 1. The Kier molecular flexibility index (Phi) is 3.62. The first-order valence-electron chi connectivity index (χ1n) is 6.95. The van der Waals surface area contributed by atoms with Gasteiger partial charge in [0.05, 0.1) is 27.2 Å². The van der Waals surface area contributed by atoms with Crippen molar-refractivity contribution in [3.05, 3.63) is 35.3 Å². The molecular weight excluding hydrogens is 307 g/mol. The van der Waals surface area contributed by atoms with Crippen molar-refractivity contribution in [2.24, 2.45) is 0 Å². The van der Waals surface area contributed by atoms with Gasteiger partial charge in [-0.1, -0.05) is 0 Å². The molecule has 1 saturated heterocycles. The molecule has 1 aromatic heterocycles. The Balaban J connectivity index is 2.00. The van der Waals surface area contributed by atoms with E-state index in [0.29, 0.717) is 16.0 Å². The van der Waals surface area contributed by atoms with Crippen LogP contribution < -0.4 is 4.78 Å². The summed E-state index contributed by atoms with van der Waals surface area (Å²) in [7, 11) is -0.598. The second-order valence-corrected chi connectivity index (χ2v) is 7.20. The van der Waals surface area contributed by atoms with Gasteiger partial charge in [0.25, 0.3) is 0 Å². The first-order valence-corrected chi connectivity index (χ1v) is 7.83. The van der Waals surface area contributed by atoms with Crippen molar-refractivity contribution in [1.29, 1.82) is 0 Å². The predicted octanol–water partition coefficient (Wildman–Crippen LogP) is 3.39. The van der Waals surface area contributed by atoms with Crippen molar-refractivity contribution < 1.29 is 18.1 Å². The largest absolute Gasteiger partial charge is 0.507 e. The molecule has 0 N–H and O–H groups in total. The van der Waals surface area contributed by atoms with Crippen LogP contribution in [-0.4, -0.2) is 23.3 Å². The van der Waals surface area contributed by atoms with Gasteiger partial charge in [0.1, 0.15) is 11.6 Å². The number of nitrogens with zero attached hydrogens (tertiary/aromatic N) is 1. The monoisotopic (exact) mass is 323 g/mol. The number of rotatable bonds is 2. The van der Waals surface area contributed by atoms with Gasteiger partial charge in [0.15, 0.2) is 0 Å². The Morgan fingerprint density at radius 3 is 2.09 bits per heavy atom. The molecule has 0 bridgehead atoms. The van der Waals surface area contributed by atoms with Crippen molar-refractivity contribution in [1.82, 2.24) is 4.98 Å². The predicted molar refractivity (Wildman–Crippen MR) is 83.2 cm³/mol. The Bertz CT molecular complexity index is 681. The maximum Gasteiger partial charge on any atom is 0.507 e. The minimum absolute atomic E-state index is 0.378. The van der Waals surface area contributed by atoms with Crippen LogP contribution in [0.3, 0.4) is 0 Å². The molecule has 0 spiro atoms. The highest BCUT2D eigenvalue weighted by molar-refractivity contribution is 7.21. The van der Waals surface area contributed by atoms with Gasteiger partial charge in [-0.05, 0) is 39.8 Å². The van der Waals surface area contributed by atoms with E-state index in [4.69, 9.17) is 9.31 Å². The lowest BCUT2D eigenvalue weighted by molar-refractivity contribution is 0.00578. The minimum atomic E-state index is -0.636. The molecule has 3 nitrogen and oxygen atoms in total. The third-order valence-electron chi connectivity index (χ3n) is 4.20. The highest BCUT2D eigenvalue weighted by Gasteiger charge is 2.53. The van der Waals surface area contributed by atoms with Crippen LogP contribution in [0.15, 0.2) is 23.7 Å². The van der Waals surface area contributed by atoms with Crippen LogP contribution in [0.1, 0.15) is 27.7 Å². The van der Waals surface area contributed by atoms with Gasteiger partial charge in [-0.25, -0.2) is 13.8 Å². The molecule has 7 heteroatoms. The van der Waals surface area contributed by atoms with Gasteiger partial charge in [-0.15, -0.1) is 11.3 Å². The van der Waals surface area contributed by atoms with Crippen LogP contribution in [0.25, 0.3) is 11.3 Å². The second-order valence-electron chi connectivity index (χ2n) is 6.31. The van der Waals surface area contributed by atoms with E-state index >= 15 is 0 Å². The summed E-state index contributed by atoms with van der Waals surface area (Å²) in [6.45, 7) is 7.82. The minimum Gasteiger partial charge on any atom is -0.399 e. The summed E-state index contributed by atoms with van der Waals surface area (Å²) in [6.07, 6.45) is 0. The Morgan fingerprint density at radius 1 is 1.00 bits per heavy atom. The molecule has 0 radical (unpaired) electrons. The average molecular weight is 323 g/mol. The van der Waals surface area contributed by atoms with Gasteiger partial charge >= 0.3 is 7.12 Å². The summed E-state index contributed by atoms with van der Waals surface area (Å²) in [6, 6.07) is 3.35. The highest BCUT2D eigenvalue weighted by Crippen LogP contribution is 2.37. The molecule has 2 heterocycles. The molecule has 1 aliphatic rings. The zero-order valence-electron chi connectivity index (χ0n) is 12.8. The Labute approximate surface area is 132 Å². The van der Waals surface area contributed by atoms with Gasteiger partial charge < -0.3 is 9.31 Å². The SMILES string of the molecule is CC1(C)OB(c2scnc2-c2cc(F)cc(F)c2)OC1(C)C. The van der Waals surface area contributed by atoms with E-state index < -0.39 is 30.0 Å². The van der Waals surface area contributed by atoms with Crippen molar-refractivity contribution in [2.45, 2.75) is 38.9 Å². The smallest absolute Gasteiger partial charge is 0.399 e. The van der Waals surface area contributed by atoms with Crippen LogP contribution in [0.4, 0.5) is 8.78 Å². The molecule has 0 saturated carbocycles. The van der Waals surface area contributed by atoms with E-state index in [9.17, 15) is 8.78 Å². The maximum atomic E-state index is 13.4. The molecule has 2 aromatic rings. The quantitative estimate of drug-likeness (QED) is 0.794. The van der Waals surface area contributed by atoms with E-state index in [1.54, 1.807) is 5.51 Å². The standard InChI is InChI=1S/C15H16BF2NO2S/c1-14(2)15(3,4)21-16(20-14)13-12(19-8-22-13)9-5-10(17)7-11(18)6-9/h5-8H,1-4H3. The third kappa shape index (κ3) is 2.57. The van der Waals surface area contributed by atoms with Crippen molar-refractivity contribution in [2.75, 3.05) is 0 Å². The van der Waals surface area contributed by atoms with E-state index in [-0.39, 0.29) is 0 Å². The first kappa shape index (κ1) is 15.6. The number of hydrogen-bond donors (Lipinski definition) is 0. The van der Waals surface area contributed by atoms with Crippen LogP contribution in [0.2, 0.25) is 0 Å². The summed E-state index contributed by atoms with van der Waals surface area (Å²) in [5.74, 6) is -1.27. The van der Waals surface area contributed by atoms with E-state index in [1.807, 2.05) is 27.7 Å². The average Bonchev–Trinajstić information content (AvgIpc) is 2.91. The number of hydrogen-bond acceptors (Lipinski definition) is 4. The van der Waals surface area contributed by atoms with Crippen molar-refractivity contribution in [3.63, 3.8) is 0 Å². The van der Waals surface area contributed by atoms with Crippen LogP contribution in [-0.2, 0) is 9.31 Å². The lowest BCUT2D eigenvalue weighted by Crippen LogP contribution is -2.41. The molecule has 116 valence electrons. The normalized spacial score (nSPS) is 19.6. The van der Waals surface area contributed by atoms with Gasteiger partial charge in [0.2, 0.25) is 0 Å². The first-order chi connectivity index (χ1) is 10.2. The van der Waals surface area contributed by atoms with Crippen LogP contribution in [0.5, 0.6) is 0 Å². The van der Waals surface area contributed by atoms with Gasteiger partial charge in [-0.3, -0.25) is 0 Å². The summed E-state index contributed by atoms with van der Waals surface area (Å²) in [4.78, 5) is 4.23. The van der Waals surface area contributed by atoms with Crippen LogP contribution >= 0.6 is 11.3 Å². The summed E-state index contributed by atoms with van der Waals surface area (Å²) in [5, 5.41) is 0. The number of aromatic nitrogens is 1. The zero-order chi connectivity index (χ0) is 16.1. The van der Waals surface area contributed by atoms with E-state index in [1.165, 1.54) is 23.5 Å². The number of halogens is 2. The highest BCUT2D eigenvalue weighted by atomic mass is 32.1.